The van der Waals surface area contributed by atoms with Crippen molar-refractivity contribution < 1.29 is 24.9 Å². The van der Waals surface area contributed by atoms with Gasteiger partial charge in [-0.05, 0) is 0 Å². The van der Waals surface area contributed by atoms with Gasteiger partial charge in [0, 0.05) is 20.5 Å². The van der Waals surface area contributed by atoms with Crippen LogP contribution in [0, 0.1) is 0 Å². The van der Waals surface area contributed by atoms with Crippen molar-refractivity contribution in [3.8, 4) is 0 Å². The molecule has 1 aliphatic heterocycles. The van der Waals surface area contributed by atoms with E-state index in [9.17, 15) is 20.1 Å². The molecule has 0 bridgehead atoms. The van der Waals surface area contributed by atoms with E-state index >= 15 is 0 Å². The second-order valence-corrected chi connectivity index (χ2v) is 6.25. The molecule has 2 aromatic rings. The first-order chi connectivity index (χ1) is 12.3. The van der Waals surface area contributed by atoms with Crippen molar-refractivity contribution in [1.82, 2.24) is 24.6 Å². The maximum Gasteiger partial charge on any atom is 0.280 e. The third-order valence-electron chi connectivity index (χ3n) is 4.34. The molecule has 0 saturated carbocycles. The smallest absolute Gasteiger partial charge is 0.280 e. The van der Waals surface area contributed by atoms with Gasteiger partial charge in [-0.25, -0.2) is 4.98 Å². The van der Waals surface area contributed by atoms with Crippen molar-refractivity contribution in [3.05, 3.63) is 16.7 Å². The van der Waals surface area contributed by atoms with E-state index in [-0.39, 0.29) is 30.1 Å². The van der Waals surface area contributed by atoms with Crippen molar-refractivity contribution in [2.75, 3.05) is 33.0 Å². The van der Waals surface area contributed by atoms with Crippen LogP contribution in [0.4, 0.5) is 5.95 Å². The predicted molar refractivity (Wildman–Crippen MR) is 88.8 cm³/mol. The minimum Gasteiger partial charge on any atom is -0.394 e. The minimum absolute atomic E-state index is 0.00448. The molecular weight excluding hydrogens is 348 g/mol. The Hall–Kier alpha value is -2.09. The number of aliphatic hydroxyl groups is 3. The number of H-pyrrole nitrogens is 1. The quantitative estimate of drug-likeness (QED) is 0.338. The first-order valence-electron chi connectivity index (χ1n) is 7.98. The standard InChI is InChI=1S/C14H22N6O6/c1-19(2)25-4-3-14(10(23)9(22)7(5-21)26-14)20-6-16-8-11(20)17-13(15)18-12(8)24/h6-7,9-10,21-23H,3-5H2,1-2H3,(H3,15,17,18,24)/t7-,9-,10-,14-/m1/s1. The van der Waals surface area contributed by atoms with E-state index in [1.807, 2.05) is 0 Å². The number of nitrogens with two attached hydrogens (primary N) is 1. The van der Waals surface area contributed by atoms with E-state index in [0.29, 0.717) is 0 Å². The van der Waals surface area contributed by atoms with Crippen LogP contribution in [0.5, 0.6) is 0 Å². The molecule has 12 nitrogen and oxygen atoms in total. The zero-order chi connectivity index (χ0) is 19.1. The van der Waals surface area contributed by atoms with Crippen LogP contribution >= 0.6 is 0 Å². The molecule has 0 aromatic carbocycles. The highest BCUT2D eigenvalue weighted by Gasteiger charge is 2.55. The van der Waals surface area contributed by atoms with E-state index in [2.05, 4.69) is 15.0 Å². The van der Waals surface area contributed by atoms with Crippen LogP contribution in [0.1, 0.15) is 6.42 Å². The van der Waals surface area contributed by atoms with E-state index in [0.717, 1.165) is 0 Å². The molecule has 2 aromatic heterocycles. The summed E-state index contributed by atoms with van der Waals surface area (Å²) in [6.45, 7) is -0.384. The van der Waals surface area contributed by atoms with Crippen LogP contribution in [0.3, 0.4) is 0 Å². The van der Waals surface area contributed by atoms with E-state index in [4.69, 9.17) is 15.3 Å². The summed E-state index contributed by atoms with van der Waals surface area (Å²) >= 11 is 0. The van der Waals surface area contributed by atoms with Crippen molar-refractivity contribution in [2.24, 2.45) is 0 Å². The molecule has 144 valence electrons. The topological polar surface area (TPSA) is 172 Å². The van der Waals surface area contributed by atoms with Crippen LogP contribution in [0.2, 0.25) is 0 Å². The zero-order valence-corrected chi connectivity index (χ0v) is 14.4. The van der Waals surface area contributed by atoms with Gasteiger partial charge in [-0.1, -0.05) is 0 Å². The summed E-state index contributed by atoms with van der Waals surface area (Å²) < 4.78 is 7.16. The highest BCUT2D eigenvalue weighted by atomic mass is 16.7. The average molecular weight is 370 g/mol. The molecule has 4 atom stereocenters. The number of nitrogen functional groups attached to an aromatic ring is 1. The molecule has 0 amide bonds. The molecule has 0 aliphatic carbocycles. The number of anilines is 1. The largest absolute Gasteiger partial charge is 0.394 e. The number of nitrogens with one attached hydrogen (secondary N) is 1. The highest BCUT2D eigenvalue weighted by Crippen LogP contribution is 2.39. The van der Waals surface area contributed by atoms with Crippen molar-refractivity contribution in [1.29, 1.82) is 0 Å². The van der Waals surface area contributed by atoms with Crippen LogP contribution in [0.15, 0.2) is 11.1 Å². The lowest BCUT2D eigenvalue weighted by molar-refractivity contribution is -0.185. The van der Waals surface area contributed by atoms with Gasteiger partial charge in [0.15, 0.2) is 16.9 Å². The number of nitrogens with zero attached hydrogens (tertiary/aromatic N) is 4. The number of aromatic amines is 1. The molecule has 0 spiro atoms. The number of aliphatic hydroxyl groups excluding tert-OH is 3. The third kappa shape index (κ3) is 2.96. The van der Waals surface area contributed by atoms with Crippen LogP contribution in [-0.4, -0.2) is 85.5 Å². The molecular formula is C14H22N6O6. The summed E-state index contributed by atoms with van der Waals surface area (Å²) in [5, 5.41) is 31.9. The Labute approximate surface area is 147 Å². The minimum atomic E-state index is -1.55. The molecule has 3 heterocycles. The lowest BCUT2D eigenvalue weighted by Crippen LogP contribution is -2.46. The van der Waals surface area contributed by atoms with Gasteiger partial charge in [-0.15, -0.1) is 0 Å². The Balaban J connectivity index is 2.11. The number of hydrogen-bond acceptors (Lipinski definition) is 10. The Kier molecular flexibility index (Phi) is 4.96. The number of hydroxylamine groups is 2. The summed E-state index contributed by atoms with van der Waals surface area (Å²) in [5.74, 6) is -0.129. The first-order valence-corrected chi connectivity index (χ1v) is 7.98. The number of fused-ring (bicyclic) bond motifs is 1. The molecule has 3 rings (SSSR count). The lowest BCUT2D eigenvalue weighted by Gasteiger charge is -2.34. The summed E-state index contributed by atoms with van der Waals surface area (Å²) in [6.07, 6.45) is -2.44. The Bertz CT molecular complexity index is 837. The summed E-state index contributed by atoms with van der Waals surface area (Å²) in [4.78, 5) is 27.8. The number of ether oxygens (including phenoxy) is 1. The Morgan fingerprint density at radius 2 is 2.23 bits per heavy atom. The van der Waals surface area contributed by atoms with Gasteiger partial charge in [-0.2, -0.15) is 10.0 Å². The molecule has 1 saturated heterocycles. The van der Waals surface area contributed by atoms with Gasteiger partial charge < -0.3 is 25.8 Å². The lowest BCUT2D eigenvalue weighted by atomic mass is 9.99. The highest BCUT2D eigenvalue weighted by molar-refractivity contribution is 5.70. The number of imidazole rings is 1. The van der Waals surface area contributed by atoms with Crippen molar-refractivity contribution in [3.63, 3.8) is 0 Å². The van der Waals surface area contributed by atoms with Crippen molar-refractivity contribution >= 4 is 17.1 Å². The van der Waals surface area contributed by atoms with Crippen LogP contribution in [-0.2, 0) is 15.3 Å². The van der Waals surface area contributed by atoms with Crippen LogP contribution < -0.4 is 11.3 Å². The second kappa shape index (κ2) is 6.90. The van der Waals surface area contributed by atoms with Gasteiger partial charge in [0.1, 0.15) is 18.3 Å². The molecule has 1 fully saturated rings. The average Bonchev–Trinajstić information content (AvgIpc) is 3.10. The SMILES string of the molecule is CN(C)OCC[C@@]1(n2cnc3c(=O)[nH]c(N)nc32)O[C@H](CO)[C@@H](O)[C@H]1O. The van der Waals surface area contributed by atoms with Gasteiger partial charge in [-0.3, -0.25) is 19.2 Å². The molecule has 26 heavy (non-hydrogen) atoms. The number of hydrogen-bond donors (Lipinski definition) is 5. The van der Waals surface area contributed by atoms with Gasteiger partial charge in [0.05, 0.1) is 19.5 Å². The second-order valence-electron chi connectivity index (χ2n) is 6.25. The fourth-order valence-corrected chi connectivity index (χ4v) is 3.12. The molecule has 1 aliphatic rings. The van der Waals surface area contributed by atoms with E-state index < -0.39 is 36.2 Å². The summed E-state index contributed by atoms with van der Waals surface area (Å²) in [5.41, 5.74) is 3.61. The maximum absolute atomic E-state index is 12.0. The van der Waals surface area contributed by atoms with Crippen LogP contribution in [0.25, 0.3) is 11.2 Å². The van der Waals surface area contributed by atoms with Crippen molar-refractivity contribution in [2.45, 2.75) is 30.5 Å². The number of rotatable bonds is 6. The predicted octanol–water partition coefficient (Wildman–Crippen LogP) is -2.65. The monoisotopic (exact) mass is 370 g/mol. The number of aromatic nitrogens is 4. The summed E-state index contributed by atoms with van der Waals surface area (Å²) in [6, 6.07) is 0. The molecule has 6 N–H and O–H groups in total. The maximum atomic E-state index is 12.0. The molecule has 0 radical (unpaired) electrons. The van der Waals surface area contributed by atoms with E-state index in [1.54, 1.807) is 14.1 Å². The fourth-order valence-electron chi connectivity index (χ4n) is 3.12. The van der Waals surface area contributed by atoms with Gasteiger partial charge in [0.2, 0.25) is 5.95 Å². The molecule has 12 heteroatoms. The zero-order valence-electron chi connectivity index (χ0n) is 14.4. The fraction of sp³-hybridized carbons (Fsp3) is 0.643. The van der Waals surface area contributed by atoms with Gasteiger partial charge in [0.25, 0.3) is 5.56 Å². The normalized spacial score (nSPS) is 29.1. The third-order valence-corrected chi connectivity index (χ3v) is 4.34. The van der Waals surface area contributed by atoms with Gasteiger partial charge >= 0.3 is 0 Å². The summed E-state index contributed by atoms with van der Waals surface area (Å²) in [7, 11) is 3.39. The Morgan fingerprint density at radius 1 is 1.50 bits per heavy atom. The van der Waals surface area contributed by atoms with E-state index in [1.165, 1.54) is 16.0 Å². The Morgan fingerprint density at radius 3 is 2.85 bits per heavy atom. The first kappa shape index (κ1) is 18.7. The molecule has 0 unspecified atom stereocenters.